The Labute approximate surface area is 157 Å². The lowest BCUT2D eigenvalue weighted by atomic mass is 9.96. The number of carbonyl (C=O) groups excluding carboxylic acids is 2. The molecular weight excluding hydrogens is 351 g/mol. The zero-order valence-electron chi connectivity index (χ0n) is 14.8. The van der Waals surface area contributed by atoms with Gasteiger partial charge in [-0.25, -0.2) is 4.79 Å². The maximum atomic E-state index is 11.9. The van der Waals surface area contributed by atoms with Crippen LogP contribution in [0.1, 0.15) is 17.5 Å². The van der Waals surface area contributed by atoms with Crippen LogP contribution in [0, 0.1) is 10.1 Å². The summed E-state index contributed by atoms with van der Waals surface area (Å²) < 4.78 is 10.3. The number of nitro groups is 1. The molecule has 0 heterocycles. The van der Waals surface area contributed by atoms with Crippen molar-refractivity contribution in [1.29, 1.82) is 0 Å². The number of non-ortho nitro benzene ring substituents is 1. The number of hydrogen-bond acceptors (Lipinski definition) is 6. The molecule has 2 aromatic rings. The molecule has 2 aromatic carbocycles. The summed E-state index contributed by atoms with van der Waals surface area (Å²) in [4.78, 5) is 33.8. The lowest BCUT2D eigenvalue weighted by Crippen LogP contribution is -2.27. The summed E-state index contributed by atoms with van der Waals surface area (Å²) in [6, 6.07) is 13.3. The van der Waals surface area contributed by atoms with Crippen LogP contribution in [0.2, 0.25) is 0 Å². The Hall–Kier alpha value is -3.36. The molecule has 0 radical (unpaired) electrons. The highest BCUT2D eigenvalue weighted by molar-refractivity contribution is 6.08. The predicted octanol–water partition coefficient (Wildman–Crippen LogP) is 1.95. The second kappa shape index (κ2) is 9.96. The smallest absolute Gasteiger partial charge is 0.407 e. The average Bonchev–Trinajstić information content (AvgIpc) is 2.67. The normalized spacial score (nSPS) is 10.1. The molecule has 1 N–H and O–H groups in total. The van der Waals surface area contributed by atoms with Crippen LogP contribution in [-0.4, -0.2) is 31.4 Å². The van der Waals surface area contributed by atoms with Crippen molar-refractivity contribution >= 4 is 25.6 Å². The fourth-order valence-electron chi connectivity index (χ4n) is 2.27. The summed E-state index contributed by atoms with van der Waals surface area (Å²) in [6.07, 6.45) is -0.203. The minimum absolute atomic E-state index is 0.0550. The fourth-order valence-corrected chi connectivity index (χ4v) is 2.27. The molecule has 0 aromatic heterocycles. The van der Waals surface area contributed by atoms with E-state index in [4.69, 9.17) is 9.47 Å². The second-order valence-corrected chi connectivity index (χ2v) is 5.62. The van der Waals surface area contributed by atoms with E-state index in [1.807, 2.05) is 30.3 Å². The summed E-state index contributed by atoms with van der Waals surface area (Å²) in [5, 5.41) is 13.3. The minimum Gasteiger partial charge on any atom is -0.445 e. The molecule has 0 fully saturated rings. The summed E-state index contributed by atoms with van der Waals surface area (Å²) >= 11 is 0. The van der Waals surface area contributed by atoms with E-state index in [2.05, 4.69) is 5.32 Å². The van der Waals surface area contributed by atoms with E-state index in [-0.39, 0.29) is 31.0 Å². The zero-order chi connectivity index (χ0) is 19.6. The molecule has 0 saturated carbocycles. The SMILES string of the molecule is BCc1cc([N+](=O)[O-])ccc1OC(=O)CCNC(=O)OCc1ccccc1. The van der Waals surface area contributed by atoms with E-state index >= 15 is 0 Å². The first-order chi connectivity index (χ1) is 13.0. The van der Waals surface area contributed by atoms with Crippen LogP contribution in [0.25, 0.3) is 0 Å². The number of rotatable bonds is 8. The quantitative estimate of drug-likeness (QED) is 0.250. The Morgan fingerprint density at radius 3 is 2.56 bits per heavy atom. The van der Waals surface area contributed by atoms with Gasteiger partial charge in [0.1, 0.15) is 20.2 Å². The Morgan fingerprint density at radius 1 is 1.15 bits per heavy atom. The van der Waals surface area contributed by atoms with E-state index in [9.17, 15) is 19.7 Å². The van der Waals surface area contributed by atoms with Gasteiger partial charge in [0.05, 0.1) is 11.3 Å². The van der Waals surface area contributed by atoms with Gasteiger partial charge in [0.25, 0.3) is 5.69 Å². The Morgan fingerprint density at radius 2 is 1.89 bits per heavy atom. The topological polar surface area (TPSA) is 108 Å². The van der Waals surface area contributed by atoms with Gasteiger partial charge >= 0.3 is 12.1 Å². The van der Waals surface area contributed by atoms with Gasteiger partial charge in [0.2, 0.25) is 0 Å². The fraction of sp³-hybridized carbons (Fsp3) is 0.222. The van der Waals surface area contributed by atoms with Crippen molar-refractivity contribution in [2.45, 2.75) is 19.3 Å². The highest BCUT2D eigenvalue weighted by Crippen LogP contribution is 2.24. The van der Waals surface area contributed by atoms with E-state index in [0.29, 0.717) is 11.9 Å². The molecule has 0 spiro atoms. The van der Waals surface area contributed by atoms with E-state index < -0.39 is 17.0 Å². The maximum Gasteiger partial charge on any atom is 0.407 e. The molecule has 1 amide bonds. The number of esters is 1. The van der Waals surface area contributed by atoms with Gasteiger partial charge in [-0.1, -0.05) is 36.7 Å². The van der Waals surface area contributed by atoms with Crippen molar-refractivity contribution in [2.24, 2.45) is 0 Å². The molecular formula is C18H19BN2O6. The summed E-state index contributed by atoms with van der Waals surface area (Å²) in [5.41, 5.74) is 1.36. The number of nitrogens with zero attached hydrogens (tertiary/aromatic N) is 1. The molecule has 0 atom stereocenters. The zero-order valence-corrected chi connectivity index (χ0v) is 14.8. The predicted molar refractivity (Wildman–Crippen MR) is 100 cm³/mol. The van der Waals surface area contributed by atoms with Crippen LogP contribution in [0.5, 0.6) is 5.75 Å². The Bertz CT molecular complexity index is 813. The molecule has 0 saturated heterocycles. The molecule has 8 nitrogen and oxygen atoms in total. The molecule has 140 valence electrons. The van der Waals surface area contributed by atoms with Crippen molar-refractivity contribution < 1.29 is 24.0 Å². The molecule has 0 aliphatic carbocycles. The Balaban J connectivity index is 1.76. The third kappa shape index (κ3) is 6.46. The van der Waals surface area contributed by atoms with E-state index in [1.54, 1.807) is 7.85 Å². The highest BCUT2D eigenvalue weighted by atomic mass is 16.6. The van der Waals surface area contributed by atoms with Gasteiger partial charge in [0.15, 0.2) is 0 Å². The van der Waals surface area contributed by atoms with Gasteiger partial charge in [-0.2, -0.15) is 0 Å². The molecule has 27 heavy (non-hydrogen) atoms. The number of benzene rings is 2. The molecule has 2 rings (SSSR count). The number of hydrogen-bond donors (Lipinski definition) is 1. The number of ether oxygens (including phenoxy) is 2. The molecule has 9 heteroatoms. The van der Waals surface area contributed by atoms with Crippen molar-refractivity contribution in [1.82, 2.24) is 5.32 Å². The van der Waals surface area contributed by atoms with Gasteiger partial charge in [-0.15, -0.1) is 0 Å². The molecule has 0 aliphatic rings. The van der Waals surface area contributed by atoms with E-state index in [1.165, 1.54) is 18.2 Å². The highest BCUT2D eigenvalue weighted by Gasteiger charge is 2.14. The number of alkyl carbamates (subject to hydrolysis) is 1. The van der Waals surface area contributed by atoms with Gasteiger partial charge < -0.3 is 14.8 Å². The van der Waals surface area contributed by atoms with Crippen LogP contribution < -0.4 is 10.1 Å². The van der Waals surface area contributed by atoms with Crippen LogP contribution in [0.15, 0.2) is 48.5 Å². The first-order valence-corrected chi connectivity index (χ1v) is 8.42. The van der Waals surface area contributed by atoms with E-state index in [0.717, 1.165) is 5.56 Å². The minimum atomic E-state index is -0.628. The summed E-state index contributed by atoms with van der Waals surface area (Å²) in [5.74, 6) is -0.276. The maximum absolute atomic E-state index is 11.9. The summed E-state index contributed by atoms with van der Waals surface area (Å²) in [7, 11) is 1.81. The van der Waals surface area contributed by atoms with Gasteiger partial charge in [-0.05, 0) is 17.2 Å². The van der Waals surface area contributed by atoms with Crippen LogP contribution in [0.4, 0.5) is 10.5 Å². The number of carbonyl (C=O) groups is 2. The number of nitro benzene ring substituents is 1. The average molecular weight is 370 g/mol. The van der Waals surface area contributed by atoms with Crippen molar-refractivity contribution in [3.8, 4) is 5.75 Å². The summed E-state index contributed by atoms with van der Waals surface area (Å²) in [6.45, 7) is 0.195. The largest absolute Gasteiger partial charge is 0.445 e. The lowest BCUT2D eigenvalue weighted by Gasteiger charge is -2.09. The lowest BCUT2D eigenvalue weighted by molar-refractivity contribution is -0.384. The van der Waals surface area contributed by atoms with Crippen molar-refractivity contribution in [3.05, 3.63) is 69.8 Å². The second-order valence-electron chi connectivity index (χ2n) is 5.62. The third-order valence-electron chi connectivity index (χ3n) is 3.67. The monoisotopic (exact) mass is 370 g/mol. The van der Waals surface area contributed by atoms with Gasteiger partial charge in [-0.3, -0.25) is 14.9 Å². The van der Waals surface area contributed by atoms with Crippen molar-refractivity contribution in [2.75, 3.05) is 6.54 Å². The number of nitrogens with one attached hydrogen (secondary N) is 1. The first kappa shape index (κ1) is 20.0. The van der Waals surface area contributed by atoms with Crippen LogP contribution >= 0.6 is 0 Å². The van der Waals surface area contributed by atoms with Crippen LogP contribution in [-0.2, 0) is 22.5 Å². The van der Waals surface area contributed by atoms with Gasteiger partial charge in [0, 0.05) is 18.7 Å². The molecule has 0 aliphatic heterocycles. The van der Waals surface area contributed by atoms with Crippen LogP contribution in [0.3, 0.4) is 0 Å². The first-order valence-electron chi connectivity index (χ1n) is 8.42. The number of amides is 1. The Kier molecular flexibility index (Phi) is 7.36. The standard InChI is InChI=1S/C18H19BN2O6/c19-11-14-10-15(21(24)25)6-7-16(14)27-17(22)8-9-20-18(23)26-12-13-4-2-1-3-5-13/h1-7,10H,8-9,11-12,19H2,(H,20,23). The molecule has 0 unspecified atom stereocenters. The van der Waals surface area contributed by atoms with Crippen molar-refractivity contribution in [3.63, 3.8) is 0 Å². The third-order valence-corrected chi connectivity index (χ3v) is 3.67. The molecule has 0 bridgehead atoms.